The van der Waals surface area contributed by atoms with Crippen LogP contribution in [0.3, 0.4) is 0 Å². The van der Waals surface area contributed by atoms with Crippen LogP contribution >= 0.6 is 11.3 Å². The maximum atomic E-state index is 5.01. The van der Waals surface area contributed by atoms with Crippen LogP contribution in [0.2, 0.25) is 0 Å². The van der Waals surface area contributed by atoms with E-state index in [1.165, 1.54) is 47.7 Å². The molecule has 1 saturated carbocycles. The van der Waals surface area contributed by atoms with Crippen LogP contribution < -0.4 is 5.32 Å². The fourth-order valence-electron chi connectivity index (χ4n) is 3.80. The Morgan fingerprint density at radius 1 is 1.29 bits per heavy atom. The molecule has 0 amide bonds. The minimum atomic E-state index is 0.140. The van der Waals surface area contributed by atoms with E-state index in [1.54, 1.807) is 0 Å². The number of aromatic nitrogens is 1. The number of aryl methyl sites for hydroxylation is 2. The van der Waals surface area contributed by atoms with Gasteiger partial charge in [-0.15, -0.1) is 11.3 Å². The second kappa shape index (κ2) is 7.23. The van der Waals surface area contributed by atoms with Crippen LogP contribution in [-0.4, -0.2) is 11.5 Å². The molecular formula is C18H32N2S. The lowest BCUT2D eigenvalue weighted by molar-refractivity contribution is 0.279. The quantitative estimate of drug-likeness (QED) is 0.769. The molecule has 2 atom stereocenters. The van der Waals surface area contributed by atoms with Gasteiger partial charge in [0.25, 0.3) is 0 Å². The van der Waals surface area contributed by atoms with Crippen LogP contribution in [0.4, 0.5) is 0 Å². The van der Waals surface area contributed by atoms with Gasteiger partial charge < -0.3 is 5.32 Å². The molecule has 1 N–H and O–H groups in total. The number of thiazole rings is 1. The van der Waals surface area contributed by atoms with Crippen molar-refractivity contribution in [1.29, 1.82) is 0 Å². The third-order valence-corrected chi connectivity index (χ3v) is 6.43. The minimum absolute atomic E-state index is 0.140. The molecule has 0 bridgehead atoms. The molecule has 0 spiro atoms. The van der Waals surface area contributed by atoms with Crippen molar-refractivity contribution >= 4 is 11.3 Å². The summed E-state index contributed by atoms with van der Waals surface area (Å²) in [6.45, 7) is 12.5. The van der Waals surface area contributed by atoms with Gasteiger partial charge in [0.15, 0.2) is 0 Å². The van der Waals surface area contributed by atoms with Crippen LogP contribution in [-0.2, 0) is 12.0 Å². The van der Waals surface area contributed by atoms with E-state index in [1.807, 2.05) is 11.3 Å². The molecule has 0 aromatic carbocycles. The Labute approximate surface area is 134 Å². The van der Waals surface area contributed by atoms with Crippen molar-refractivity contribution in [3.05, 3.63) is 15.6 Å². The van der Waals surface area contributed by atoms with Gasteiger partial charge in [0.05, 0.1) is 11.2 Å². The molecule has 1 fully saturated rings. The summed E-state index contributed by atoms with van der Waals surface area (Å²) >= 11 is 1.93. The van der Waals surface area contributed by atoms with Crippen LogP contribution in [0.1, 0.15) is 75.4 Å². The average Bonchev–Trinajstić information content (AvgIpc) is 2.69. The maximum Gasteiger partial charge on any atom is 0.113 e. The van der Waals surface area contributed by atoms with E-state index in [0.29, 0.717) is 0 Å². The molecule has 21 heavy (non-hydrogen) atoms. The topological polar surface area (TPSA) is 24.9 Å². The van der Waals surface area contributed by atoms with Gasteiger partial charge in [-0.1, -0.05) is 40.5 Å². The van der Waals surface area contributed by atoms with Crippen LogP contribution in [0, 0.1) is 18.8 Å². The predicted octanol–water partition coefficient (Wildman–Crippen LogP) is 5.06. The standard InChI is InChI=1S/C18H32N2S/c1-6-16-14(5)21-17(20-16)18(19-7-2)11-8-9-15(10-12-18)13(3)4/h13,15,19H,6-12H2,1-5H3. The van der Waals surface area contributed by atoms with Gasteiger partial charge >= 0.3 is 0 Å². The summed E-state index contributed by atoms with van der Waals surface area (Å²) in [5.74, 6) is 1.70. The van der Waals surface area contributed by atoms with Crippen LogP contribution in [0.15, 0.2) is 0 Å². The molecule has 1 aromatic heterocycles. The van der Waals surface area contributed by atoms with E-state index in [0.717, 1.165) is 24.8 Å². The normalized spacial score (nSPS) is 27.0. The maximum absolute atomic E-state index is 5.01. The molecule has 0 saturated heterocycles. The monoisotopic (exact) mass is 308 g/mol. The predicted molar refractivity (Wildman–Crippen MR) is 93.0 cm³/mol. The van der Waals surface area contributed by atoms with E-state index in [2.05, 4.69) is 39.9 Å². The van der Waals surface area contributed by atoms with E-state index in [4.69, 9.17) is 4.98 Å². The average molecular weight is 309 g/mol. The number of nitrogens with zero attached hydrogens (tertiary/aromatic N) is 1. The molecule has 3 heteroatoms. The Balaban J connectivity index is 2.27. The highest BCUT2D eigenvalue weighted by molar-refractivity contribution is 7.11. The first-order valence-corrected chi connectivity index (χ1v) is 9.55. The van der Waals surface area contributed by atoms with Gasteiger partial charge in [-0.2, -0.15) is 0 Å². The number of nitrogens with one attached hydrogen (secondary N) is 1. The first-order valence-electron chi connectivity index (χ1n) is 8.74. The van der Waals surface area contributed by atoms with Crippen molar-refractivity contribution < 1.29 is 0 Å². The van der Waals surface area contributed by atoms with Crippen molar-refractivity contribution in [3.8, 4) is 0 Å². The van der Waals surface area contributed by atoms with E-state index in [9.17, 15) is 0 Å². The van der Waals surface area contributed by atoms with E-state index >= 15 is 0 Å². The zero-order valence-corrected chi connectivity index (χ0v) is 15.3. The van der Waals surface area contributed by atoms with Gasteiger partial charge in [-0.05, 0) is 51.0 Å². The molecule has 2 nitrogen and oxygen atoms in total. The molecule has 2 rings (SSSR count). The molecule has 0 aliphatic heterocycles. The smallest absolute Gasteiger partial charge is 0.113 e. The Morgan fingerprint density at radius 2 is 2.05 bits per heavy atom. The SMILES string of the molecule is CCNC1(c2nc(CC)c(C)s2)CCCC(C(C)C)CC1. The zero-order chi connectivity index (χ0) is 15.5. The molecule has 1 aromatic rings. The zero-order valence-electron chi connectivity index (χ0n) is 14.5. The lowest BCUT2D eigenvalue weighted by atomic mass is 9.86. The molecule has 1 aliphatic rings. The number of hydrogen-bond donors (Lipinski definition) is 1. The largest absolute Gasteiger partial charge is 0.306 e. The third kappa shape index (κ3) is 3.68. The Bertz CT molecular complexity index is 452. The highest BCUT2D eigenvalue weighted by Crippen LogP contribution is 2.41. The number of hydrogen-bond acceptors (Lipinski definition) is 3. The second-order valence-corrected chi connectivity index (χ2v) is 8.13. The molecule has 1 aliphatic carbocycles. The third-order valence-electron chi connectivity index (χ3n) is 5.22. The summed E-state index contributed by atoms with van der Waals surface area (Å²) < 4.78 is 0. The van der Waals surface area contributed by atoms with Gasteiger partial charge in [-0.25, -0.2) is 4.98 Å². The van der Waals surface area contributed by atoms with Crippen LogP contribution in [0.25, 0.3) is 0 Å². The lowest BCUT2D eigenvalue weighted by Gasteiger charge is -2.32. The van der Waals surface area contributed by atoms with Crippen LogP contribution in [0.5, 0.6) is 0 Å². The number of rotatable bonds is 5. The van der Waals surface area contributed by atoms with Crippen molar-refractivity contribution in [2.45, 2.75) is 78.7 Å². The summed E-state index contributed by atoms with van der Waals surface area (Å²) in [4.78, 5) is 6.42. The van der Waals surface area contributed by atoms with Crippen molar-refractivity contribution in [2.24, 2.45) is 11.8 Å². The molecule has 120 valence electrons. The van der Waals surface area contributed by atoms with E-state index < -0.39 is 0 Å². The fraction of sp³-hybridized carbons (Fsp3) is 0.833. The van der Waals surface area contributed by atoms with E-state index in [-0.39, 0.29) is 5.54 Å². The summed E-state index contributed by atoms with van der Waals surface area (Å²) in [7, 11) is 0. The lowest BCUT2D eigenvalue weighted by Crippen LogP contribution is -2.42. The Morgan fingerprint density at radius 3 is 2.62 bits per heavy atom. The van der Waals surface area contributed by atoms with Crippen molar-refractivity contribution in [1.82, 2.24) is 10.3 Å². The fourth-order valence-corrected chi connectivity index (χ4v) is 5.02. The molecule has 0 radical (unpaired) electrons. The highest BCUT2D eigenvalue weighted by atomic mass is 32.1. The highest BCUT2D eigenvalue weighted by Gasteiger charge is 2.37. The van der Waals surface area contributed by atoms with Gasteiger partial charge in [0.1, 0.15) is 5.01 Å². The molecule has 1 heterocycles. The Hall–Kier alpha value is -0.410. The summed E-state index contributed by atoms with van der Waals surface area (Å²) in [5.41, 5.74) is 1.44. The molecular weight excluding hydrogens is 276 g/mol. The summed E-state index contributed by atoms with van der Waals surface area (Å²) in [5, 5.41) is 5.18. The van der Waals surface area contributed by atoms with Gasteiger partial charge in [0.2, 0.25) is 0 Å². The molecule has 2 unspecified atom stereocenters. The first-order chi connectivity index (χ1) is 10.0. The van der Waals surface area contributed by atoms with Crippen molar-refractivity contribution in [2.75, 3.05) is 6.54 Å². The van der Waals surface area contributed by atoms with Crippen molar-refractivity contribution in [3.63, 3.8) is 0 Å². The second-order valence-electron chi connectivity index (χ2n) is 6.92. The summed E-state index contributed by atoms with van der Waals surface area (Å²) in [6, 6.07) is 0. The van der Waals surface area contributed by atoms with Gasteiger partial charge in [-0.3, -0.25) is 0 Å². The first kappa shape index (κ1) is 17.0. The summed E-state index contributed by atoms with van der Waals surface area (Å²) in [6.07, 6.45) is 7.61. The Kier molecular flexibility index (Phi) is 5.84. The minimum Gasteiger partial charge on any atom is -0.306 e. The van der Waals surface area contributed by atoms with Gasteiger partial charge in [0, 0.05) is 4.88 Å².